The molecule has 8 heteroatoms. The molecule has 2 aromatic heterocycles. The maximum Gasteiger partial charge on any atom is 0.416 e. The molecule has 0 saturated heterocycles. The molecule has 0 saturated carbocycles. The van der Waals surface area contributed by atoms with Crippen LogP contribution in [0.1, 0.15) is 43.2 Å². The first-order valence-corrected chi connectivity index (χ1v) is 10.0. The van der Waals surface area contributed by atoms with Crippen LogP contribution in [0.5, 0.6) is 0 Å². The van der Waals surface area contributed by atoms with Crippen LogP contribution >= 0.6 is 11.3 Å². The lowest BCUT2D eigenvalue weighted by molar-refractivity contribution is -0.138. The summed E-state index contributed by atoms with van der Waals surface area (Å²) in [5.41, 5.74) is 2.33. The molecule has 0 atom stereocenters. The number of rotatable bonds is 5. The van der Waals surface area contributed by atoms with Crippen molar-refractivity contribution in [3.8, 4) is 21.3 Å². The normalized spacial score (nSPS) is 12.2. The number of halogens is 3. The summed E-state index contributed by atoms with van der Waals surface area (Å²) in [5.74, 6) is 0.512. The summed E-state index contributed by atoms with van der Waals surface area (Å²) < 4.78 is 41.6. The number of aryl methyl sites for hydroxylation is 3. The standard InChI is InChI=1S/C20H23F3N4S/c1-6-27-15(7-11(2)3)10-16(26-27)19-25-24-18(28-19)14-8-12(4)17(13(5)9-14)20(21,22)23/h8-11H,6-7H2,1-5H3. The van der Waals surface area contributed by atoms with E-state index in [2.05, 4.69) is 29.1 Å². The molecule has 0 spiro atoms. The molecule has 28 heavy (non-hydrogen) atoms. The average Bonchev–Trinajstić information content (AvgIpc) is 3.18. The van der Waals surface area contributed by atoms with Crippen LogP contribution in [0.15, 0.2) is 18.2 Å². The topological polar surface area (TPSA) is 43.6 Å². The summed E-state index contributed by atoms with van der Waals surface area (Å²) in [4.78, 5) is 0. The Bertz CT molecular complexity index is 963. The molecule has 0 N–H and O–H groups in total. The molecule has 0 fully saturated rings. The van der Waals surface area contributed by atoms with E-state index in [0.29, 0.717) is 21.5 Å². The third-order valence-electron chi connectivity index (χ3n) is 4.49. The third-order valence-corrected chi connectivity index (χ3v) is 5.48. The van der Waals surface area contributed by atoms with Gasteiger partial charge in [0.15, 0.2) is 5.01 Å². The van der Waals surface area contributed by atoms with Gasteiger partial charge in [-0.3, -0.25) is 4.68 Å². The Morgan fingerprint density at radius 2 is 1.64 bits per heavy atom. The van der Waals surface area contributed by atoms with Crippen molar-refractivity contribution in [2.24, 2.45) is 5.92 Å². The van der Waals surface area contributed by atoms with Crippen LogP contribution in [0.2, 0.25) is 0 Å². The molecule has 0 aliphatic rings. The average molecular weight is 408 g/mol. The van der Waals surface area contributed by atoms with E-state index in [0.717, 1.165) is 24.4 Å². The fraction of sp³-hybridized carbons (Fsp3) is 0.450. The van der Waals surface area contributed by atoms with Gasteiger partial charge in [-0.1, -0.05) is 25.2 Å². The van der Waals surface area contributed by atoms with Gasteiger partial charge in [0.1, 0.15) is 10.7 Å². The van der Waals surface area contributed by atoms with Gasteiger partial charge < -0.3 is 0 Å². The fourth-order valence-corrected chi connectivity index (χ4v) is 4.18. The van der Waals surface area contributed by atoms with Gasteiger partial charge in [-0.2, -0.15) is 18.3 Å². The minimum absolute atomic E-state index is 0.189. The summed E-state index contributed by atoms with van der Waals surface area (Å²) >= 11 is 1.34. The van der Waals surface area contributed by atoms with Gasteiger partial charge in [0.25, 0.3) is 0 Å². The maximum absolute atomic E-state index is 13.2. The SMILES string of the molecule is CCn1nc(-c2nnc(-c3cc(C)c(C(F)(F)F)c(C)c3)s2)cc1CC(C)C. The monoisotopic (exact) mass is 408 g/mol. The van der Waals surface area contributed by atoms with E-state index in [1.54, 1.807) is 0 Å². The number of hydrogen-bond donors (Lipinski definition) is 0. The molecule has 0 aliphatic heterocycles. The van der Waals surface area contributed by atoms with Crippen molar-refractivity contribution >= 4 is 11.3 Å². The minimum atomic E-state index is -4.36. The molecule has 3 aromatic rings. The molecule has 0 amide bonds. The van der Waals surface area contributed by atoms with Crippen LogP contribution < -0.4 is 0 Å². The van der Waals surface area contributed by atoms with Gasteiger partial charge >= 0.3 is 6.18 Å². The Kier molecular flexibility index (Phi) is 5.61. The van der Waals surface area contributed by atoms with Gasteiger partial charge in [-0.05, 0) is 62.4 Å². The zero-order chi connectivity index (χ0) is 20.6. The van der Waals surface area contributed by atoms with Crippen molar-refractivity contribution < 1.29 is 13.2 Å². The van der Waals surface area contributed by atoms with Crippen molar-refractivity contribution in [1.82, 2.24) is 20.0 Å². The summed E-state index contributed by atoms with van der Waals surface area (Å²) in [6, 6.07) is 5.07. The number of benzene rings is 1. The van der Waals surface area contributed by atoms with E-state index >= 15 is 0 Å². The first-order chi connectivity index (χ1) is 13.1. The summed E-state index contributed by atoms with van der Waals surface area (Å²) in [5, 5.41) is 14.3. The maximum atomic E-state index is 13.2. The zero-order valence-electron chi connectivity index (χ0n) is 16.6. The molecular formula is C20H23F3N4S. The van der Waals surface area contributed by atoms with E-state index in [4.69, 9.17) is 0 Å². The Hall–Kier alpha value is -2.22. The van der Waals surface area contributed by atoms with E-state index in [9.17, 15) is 13.2 Å². The molecule has 1 aromatic carbocycles. The molecule has 0 aliphatic carbocycles. The lowest BCUT2D eigenvalue weighted by Crippen LogP contribution is -2.10. The van der Waals surface area contributed by atoms with Crippen molar-refractivity contribution in [2.45, 2.75) is 53.8 Å². The number of aromatic nitrogens is 4. The second-order valence-corrected chi connectivity index (χ2v) is 8.31. The Balaban J connectivity index is 1.96. The summed E-state index contributed by atoms with van der Waals surface area (Å²) in [7, 11) is 0. The summed E-state index contributed by atoms with van der Waals surface area (Å²) in [6.07, 6.45) is -3.44. The number of alkyl halides is 3. The number of nitrogens with zero attached hydrogens (tertiary/aromatic N) is 4. The van der Waals surface area contributed by atoms with Crippen LogP contribution in [0.4, 0.5) is 13.2 Å². The molecule has 150 valence electrons. The Morgan fingerprint density at radius 1 is 1.04 bits per heavy atom. The van der Waals surface area contributed by atoms with Crippen molar-refractivity contribution in [1.29, 1.82) is 0 Å². The smallest absolute Gasteiger partial charge is 0.269 e. The van der Waals surface area contributed by atoms with Crippen LogP contribution in [0.3, 0.4) is 0 Å². The highest BCUT2D eigenvalue weighted by molar-refractivity contribution is 7.17. The minimum Gasteiger partial charge on any atom is -0.269 e. The largest absolute Gasteiger partial charge is 0.416 e. The molecule has 4 nitrogen and oxygen atoms in total. The molecule has 0 radical (unpaired) electrons. The first-order valence-electron chi connectivity index (χ1n) is 9.19. The van der Waals surface area contributed by atoms with E-state index in [-0.39, 0.29) is 11.1 Å². The quantitative estimate of drug-likeness (QED) is 0.526. The van der Waals surface area contributed by atoms with Crippen molar-refractivity contribution in [2.75, 3.05) is 0 Å². The van der Waals surface area contributed by atoms with Gasteiger partial charge in [0.05, 0.1) is 5.56 Å². The first kappa shape index (κ1) is 20.5. The van der Waals surface area contributed by atoms with Crippen molar-refractivity contribution in [3.63, 3.8) is 0 Å². The second kappa shape index (κ2) is 7.66. The van der Waals surface area contributed by atoms with Gasteiger partial charge in [0, 0.05) is 17.8 Å². The highest BCUT2D eigenvalue weighted by Crippen LogP contribution is 2.38. The zero-order valence-corrected chi connectivity index (χ0v) is 17.4. The Morgan fingerprint density at radius 3 is 2.18 bits per heavy atom. The van der Waals surface area contributed by atoms with Crippen LogP contribution in [-0.4, -0.2) is 20.0 Å². The molecule has 0 unspecified atom stereocenters. The van der Waals surface area contributed by atoms with E-state index < -0.39 is 11.7 Å². The Labute approximate surface area is 166 Å². The molecule has 0 bridgehead atoms. The molecule has 2 heterocycles. The van der Waals surface area contributed by atoms with Crippen LogP contribution in [0.25, 0.3) is 21.3 Å². The fourth-order valence-electron chi connectivity index (χ4n) is 3.39. The highest BCUT2D eigenvalue weighted by atomic mass is 32.1. The molecular weight excluding hydrogens is 385 g/mol. The second-order valence-electron chi connectivity index (χ2n) is 7.33. The van der Waals surface area contributed by atoms with Crippen molar-refractivity contribution in [3.05, 3.63) is 40.6 Å². The van der Waals surface area contributed by atoms with E-state index in [1.807, 2.05) is 17.7 Å². The number of hydrogen-bond acceptors (Lipinski definition) is 4. The van der Waals surface area contributed by atoms with Gasteiger partial charge in [0.2, 0.25) is 0 Å². The van der Waals surface area contributed by atoms with Gasteiger partial charge in [-0.15, -0.1) is 10.2 Å². The predicted octanol–water partition coefficient (Wildman–Crippen LogP) is 5.92. The van der Waals surface area contributed by atoms with Crippen LogP contribution in [0, 0.1) is 19.8 Å². The highest BCUT2D eigenvalue weighted by Gasteiger charge is 2.34. The lowest BCUT2D eigenvalue weighted by Gasteiger charge is -2.14. The van der Waals surface area contributed by atoms with Gasteiger partial charge in [-0.25, -0.2) is 0 Å². The lowest BCUT2D eigenvalue weighted by atomic mass is 9.99. The van der Waals surface area contributed by atoms with Crippen LogP contribution in [-0.2, 0) is 19.1 Å². The van der Waals surface area contributed by atoms with E-state index in [1.165, 1.54) is 37.3 Å². The summed E-state index contributed by atoms with van der Waals surface area (Å²) in [6.45, 7) is 10.1. The molecule has 3 rings (SSSR count). The third kappa shape index (κ3) is 4.11. The predicted molar refractivity (Wildman–Crippen MR) is 105 cm³/mol.